The molecule has 1 aliphatic rings. The van der Waals surface area contributed by atoms with E-state index in [0.29, 0.717) is 0 Å². The first-order valence-electron chi connectivity index (χ1n) is 6.58. The number of carbonyl (C=O) groups is 1. The summed E-state index contributed by atoms with van der Waals surface area (Å²) in [5.74, 6) is 0.0658. The van der Waals surface area contributed by atoms with Crippen LogP contribution < -0.4 is 5.32 Å². The summed E-state index contributed by atoms with van der Waals surface area (Å²) in [6, 6.07) is 4.58. The average Bonchev–Trinajstić information content (AvgIpc) is 2.73. The number of nitrogens with one attached hydrogen (secondary N) is 1. The number of amides is 1. The average molecular weight is 389 g/mol. The Kier molecular flexibility index (Phi) is 4.72. The van der Waals surface area contributed by atoms with Crippen LogP contribution in [0.4, 0.5) is 0 Å². The Morgan fingerprint density at radius 1 is 1.21 bits per heavy atom. The van der Waals surface area contributed by atoms with Gasteiger partial charge in [-0.25, -0.2) is 0 Å². The van der Waals surface area contributed by atoms with Crippen LogP contribution in [0, 0.1) is 0 Å². The molecule has 1 aromatic carbocycles. The Labute approximate surface area is 131 Å². The summed E-state index contributed by atoms with van der Waals surface area (Å²) in [6.45, 7) is 3.76. The van der Waals surface area contributed by atoms with Crippen LogP contribution in [0.3, 0.4) is 0 Å². The van der Waals surface area contributed by atoms with Gasteiger partial charge in [0.1, 0.15) is 0 Å². The molecule has 4 heteroatoms. The van der Waals surface area contributed by atoms with Gasteiger partial charge in [-0.3, -0.25) is 4.79 Å². The lowest BCUT2D eigenvalue weighted by Gasteiger charge is -2.28. The quantitative estimate of drug-likeness (QED) is 0.779. The van der Waals surface area contributed by atoms with Crippen LogP contribution in [0.15, 0.2) is 12.1 Å². The van der Waals surface area contributed by atoms with Crippen molar-refractivity contribution in [3.63, 3.8) is 0 Å². The zero-order valence-corrected chi connectivity index (χ0v) is 14.5. The van der Waals surface area contributed by atoms with Crippen molar-refractivity contribution in [3.8, 4) is 0 Å². The second-order valence-electron chi connectivity index (χ2n) is 5.33. The number of hydrogen-bond donors (Lipinski definition) is 1. The predicted octanol–water partition coefficient (Wildman–Crippen LogP) is 3.86. The SMILES string of the molecule is CCC1(NC(C)=O)Cc2cc(CBr)c(CBr)cc2C1. The molecule has 0 fully saturated rings. The van der Waals surface area contributed by atoms with Gasteiger partial charge in [0.2, 0.25) is 5.91 Å². The minimum atomic E-state index is -0.0807. The lowest BCUT2D eigenvalue weighted by molar-refractivity contribution is -0.120. The fourth-order valence-electron chi connectivity index (χ4n) is 2.96. The molecule has 1 amide bonds. The molecule has 0 saturated carbocycles. The summed E-state index contributed by atoms with van der Waals surface area (Å²) in [5, 5.41) is 4.92. The van der Waals surface area contributed by atoms with Gasteiger partial charge in [0.15, 0.2) is 0 Å². The van der Waals surface area contributed by atoms with Gasteiger partial charge < -0.3 is 5.32 Å². The topological polar surface area (TPSA) is 29.1 Å². The standard InChI is InChI=1S/C15H19Br2NO/c1-3-15(18-10(2)19)6-11-4-13(8-16)14(9-17)5-12(11)7-15/h4-5H,3,6-9H2,1-2H3,(H,18,19). The molecule has 1 N–H and O–H groups in total. The van der Waals surface area contributed by atoms with Crippen LogP contribution in [0.25, 0.3) is 0 Å². The molecule has 0 radical (unpaired) electrons. The molecular formula is C15H19Br2NO. The molecule has 0 unspecified atom stereocenters. The molecule has 104 valence electrons. The number of benzene rings is 1. The summed E-state index contributed by atoms with van der Waals surface area (Å²) >= 11 is 7.11. The van der Waals surface area contributed by atoms with Crippen LogP contribution in [0.2, 0.25) is 0 Å². The molecule has 1 aliphatic carbocycles. The molecule has 2 nitrogen and oxygen atoms in total. The van der Waals surface area contributed by atoms with Gasteiger partial charge in [-0.1, -0.05) is 50.9 Å². The minimum Gasteiger partial charge on any atom is -0.350 e. The van der Waals surface area contributed by atoms with Crippen molar-refractivity contribution in [2.24, 2.45) is 0 Å². The maximum absolute atomic E-state index is 11.4. The van der Waals surface area contributed by atoms with E-state index in [4.69, 9.17) is 0 Å². The monoisotopic (exact) mass is 387 g/mol. The van der Waals surface area contributed by atoms with Crippen molar-refractivity contribution < 1.29 is 4.79 Å². The summed E-state index contributed by atoms with van der Waals surface area (Å²) in [5.41, 5.74) is 5.36. The first-order chi connectivity index (χ1) is 9.03. The largest absolute Gasteiger partial charge is 0.350 e. The molecule has 0 heterocycles. The van der Waals surface area contributed by atoms with Crippen molar-refractivity contribution in [2.75, 3.05) is 0 Å². The van der Waals surface area contributed by atoms with Crippen LogP contribution >= 0.6 is 31.9 Å². The Bertz CT molecular complexity index is 466. The van der Waals surface area contributed by atoms with Crippen molar-refractivity contribution in [2.45, 2.75) is 49.3 Å². The number of alkyl halides is 2. The lowest BCUT2D eigenvalue weighted by Crippen LogP contribution is -2.47. The third-order valence-electron chi connectivity index (χ3n) is 3.99. The van der Waals surface area contributed by atoms with Crippen LogP contribution in [-0.4, -0.2) is 11.4 Å². The van der Waals surface area contributed by atoms with E-state index in [-0.39, 0.29) is 11.4 Å². The number of halogens is 2. The first-order valence-corrected chi connectivity index (χ1v) is 8.82. The summed E-state index contributed by atoms with van der Waals surface area (Å²) in [4.78, 5) is 11.4. The van der Waals surface area contributed by atoms with E-state index < -0.39 is 0 Å². The van der Waals surface area contributed by atoms with Gasteiger partial charge in [0, 0.05) is 23.1 Å². The molecule has 0 aliphatic heterocycles. The number of rotatable bonds is 4. The molecule has 19 heavy (non-hydrogen) atoms. The minimum absolute atomic E-state index is 0.0658. The van der Waals surface area contributed by atoms with Gasteiger partial charge in [-0.05, 0) is 41.5 Å². The van der Waals surface area contributed by atoms with E-state index in [1.807, 2.05) is 0 Å². The maximum Gasteiger partial charge on any atom is 0.217 e. The molecule has 0 atom stereocenters. The van der Waals surface area contributed by atoms with Crippen LogP contribution in [0.5, 0.6) is 0 Å². The normalized spacial score (nSPS) is 16.2. The molecule has 2 rings (SSSR count). The smallest absolute Gasteiger partial charge is 0.217 e. The van der Waals surface area contributed by atoms with E-state index in [9.17, 15) is 4.79 Å². The molecule has 0 saturated heterocycles. The molecular weight excluding hydrogens is 370 g/mol. The Morgan fingerprint density at radius 3 is 2.00 bits per heavy atom. The van der Waals surface area contributed by atoms with E-state index in [0.717, 1.165) is 29.9 Å². The number of fused-ring (bicyclic) bond motifs is 1. The van der Waals surface area contributed by atoms with Crippen molar-refractivity contribution >= 4 is 37.8 Å². The van der Waals surface area contributed by atoms with Gasteiger partial charge in [-0.2, -0.15) is 0 Å². The Hall–Kier alpha value is -0.350. The fourth-order valence-corrected chi connectivity index (χ4v) is 4.01. The van der Waals surface area contributed by atoms with Crippen molar-refractivity contribution in [1.29, 1.82) is 0 Å². The summed E-state index contributed by atoms with van der Waals surface area (Å²) < 4.78 is 0. The second kappa shape index (κ2) is 5.96. The van der Waals surface area contributed by atoms with Gasteiger partial charge in [-0.15, -0.1) is 0 Å². The highest BCUT2D eigenvalue weighted by Gasteiger charge is 2.36. The predicted molar refractivity (Wildman–Crippen MR) is 86.0 cm³/mol. The highest BCUT2D eigenvalue weighted by Crippen LogP contribution is 2.35. The zero-order chi connectivity index (χ0) is 14.0. The Balaban J connectivity index is 2.35. The van der Waals surface area contributed by atoms with Gasteiger partial charge >= 0.3 is 0 Å². The fraction of sp³-hybridized carbons (Fsp3) is 0.533. The van der Waals surface area contributed by atoms with E-state index >= 15 is 0 Å². The van der Waals surface area contributed by atoms with Crippen LogP contribution in [0.1, 0.15) is 42.5 Å². The number of hydrogen-bond acceptors (Lipinski definition) is 1. The third kappa shape index (κ3) is 3.05. The highest BCUT2D eigenvalue weighted by atomic mass is 79.9. The molecule has 0 bridgehead atoms. The van der Waals surface area contributed by atoms with Crippen molar-refractivity contribution in [1.82, 2.24) is 5.32 Å². The number of carbonyl (C=O) groups excluding carboxylic acids is 1. The zero-order valence-electron chi connectivity index (χ0n) is 11.4. The molecule has 1 aromatic rings. The van der Waals surface area contributed by atoms with E-state index in [1.165, 1.54) is 22.3 Å². The second-order valence-corrected chi connectivity index (χ2v) is 6.45. The van der Waals surface area contributed by atoms with E-state index in [1.54, 1.807) is 6.92 Å². The van der Waals surface area contributed by atoms with Gasteiger partial charge in [0.05, 0.1) is 0 Å². The summed E-state index contributed by atoms with van der Waals surface area (Å²) in [6.07, 6.45) is 2.86. The van der Waals surface area contributed by atoms with Gasteiger partial charge in [0.25, 0.3) is 0 Å². The van der Waals surface area contributed by atoms with Crippen LogP contribution in [-0.2, 0) is 28.3 Å². The lowest BCUT2D eigenvalue weighted by atomic mass is 9.92. The third-order valence-corrected chi connectivity index (χ3v) is 5.19. The van der Waals surface area contributed by atoms with Crippen molar-refractivity contribution in [3.05, 3.63) is 34.4 Å². The Morgan fingerprint density at radius 2 is 1.68 bits per heavy atom. The first kappa shape index (κ1) is 15.0. The maximum atomic E-state index is 11.4. The summed E-state index contributed by atoms with van der Waals surface area (Å²) in [7, 11) is 0. The molecule has 0 spiro atoms. The molecule has 0 aromatic heterocycles. The highest BCUT2D eigenvalue weighted by molar-refractivity contribution is 9.09. The van der Waals surface area contributed by atoms with E-state index in [2.05, 4.69) is 56.2 Å².